The van der Waals surface area contributed by atoms with Crippen molar-refractivity contribution < 1.29 is 9.59 Å². The number of nitrogens with one attached hydrogen (secondary N) is 2. The molecule has 1 fully saturated rings. The van der Waals surface area contributed by atoms with Gasteiger partial charge in [-0.3, -0.25) is 9.59 Å². The van der Waals surface area contributed by atoms with E-state index < -0.39 is 11.5 Å². The molecule has 0 bridgehead atoms. The molecule has 1 atom stereocenters. The molecule has 0 aliphatic heterocycles. The van der Waals surface area contributed by atoms with Gasteiger partial charge >= 0.3 is 0 Å². The van der Waals surface area contributed by atoms with Crippen molar-refractivity contribution in [3.05, 3.63) is 0 Å². The first kappa shape index (κ1) is 14.5. The number of hydrogen-bond acceptors (Lipinski definition) is 3. The quantitative estimate of drug-likeness (QED) is 0.763. The molecule has 1 saturated carbocycles. The molecule has 0 heterocycles. The van der Waals surface area contributed by atoms with Crippen molar-refractivity contribution in [1.82, 2.24) is 10.6 Å². The van der Waals surface area contributed by atoms with E-state index in [-0.39, 0.29) is 11.8 Å². The second-order valence-corrected chi connectivity index (χ2v) is 5.19. The van der Waals surface area contributed by atoms with Crippen LogP contribution in [-0.2, 0) is 9.59 Å². The number of nitrogens with zero attached hydrogens (tertiary/aromatic N) is 1. The maximum absolute atomic E-state index is 12.0. The molecule has 100 valence electrons. The van der Waals surface area contributed by atoms with Gasteiger partial charge in [0.15, 0.2) is 0 Å². The van der Waals surface area contributed by atoms with Crippen molar-refractivity contribution in [1.29, 1.82) is 5.26 Å². The normalized spacial score (nSPS) is 27.6. The molecule has 2 N–H and O–H groups in total. The van der Waals surface area contributed by atoms with Gasteiger partial charge in [0.1, 0.15) is 11.5 Å². The third kappa shape index (κ3) is 3.00. The van der Waals surface area contributed by atoms with E-state index >= 15 is 0 Å². The van der Waals surface area contributed by atoms with Crippen molar-refractivity contribution in [2.45, 2.75) is 46.1 Å². The number of carbonyl (C=O) groups is 2. The van der Waals surface area contributed by atoms with Crippen LogP contribution in [0.4, 0.5) is 0 Å². The zero-order chi connectivity index (χ0) is 13.8. The second kappa shape index (κ2) is 5.85. The molecule has 0 aromatic carbocycles. The van der Waals surface area contributed by atoms with Crippen LogP contribution in [0.15, 0.2) is 0 Å². The van der Waals surface area contributed by atoms with Crippen molar-refractivity contribution in [3.8, 4) is 6.07 Å². The molecule has 18 heavy (non-hydrogen) atoms. The van der Waals surface area contributed by atoms with E-state index in [0.717, 1.165) is 6.42 Å². The SMILES string of the molecule is CCCNC(=O)C(C)NC(=O)C1(C#N)CC(C)C1. The first-order chi connectivity index (χ1) is 8.45. The Labute approximate surface area is 108 Å². The van der Waals surface area contributed by atoms with Gasteiger partial charge in [0.2, 0.25) is 11.8 Å². The summed E-state index contributed by atoms with van der Waals surface area (Å²) in [6.07, 6.45) is 2.02. The fourth-order valence-electron chi connectivity index (χ4n) is 2.26. The minimum absolute atomic E-state index is 0.203. The smallest absolute Gasteiger partial charge is 0.242 e. The number of carbonyl (C=O) groups excluding carboxylic acids is 2. The molecule has 0 saturated heterocycles. The Kier molecular flexibility index (Phi) is 4.71. The Hall–Kier alpha value is -1.57. The zero-order valence-electron chi connectivity index (χ0n) is 11.2. The van der Waals surface area contributed by atoms with Gasteiger partial charge in [-0.25, -0.2) is 0 Å². The van der Waals surface area contributed by atoms with Crippen LogP contribution in [-0.4, -0.2) is 24.4 Å². The van der Waals surface area contributed by atoms with E-state index in [1.807, 2.05) is 13.8 Å². The lowest BCUT2D eigenvalue weighted by Crippen LogP contribution is -2.53. The first-order valence-corrected chi connectivity index (χ1v) is 6.45. The Morgan fingerprint density at radius 2 is 2.11 bits per heavy atom. The molecule has 0 aromatic heterocycles. The summed E-state index contributed by atoms with van der Waals surface area (Å²) in [6, 6.07) is 1.50. The van der Waals surface area contributed by atoms with E-state index in [0.29, 0.717) is 25.3 Å². The summed E-state index contributed by atoms with van der Waals surface area (Å²) in [5, 5.41) is 14.5. The minimum Gasteiger partial charge on any atom is -0.354 e. The van der Waals surface area contributed by atoms with E-state index in [1.54, 1.807) is 6.92 Å². The molecule has 1 aliphatic carbocycles. The van der Waals surface area contributed by atoms with Crippen molar-refractivity contribution >= 4 is 11.8 Å². The number of hydrogen-bond donors (Lipinski definition) is 2. The fraction of sp³-hybridized carbons (Fsp3) is 0.769. The fourth-order valence-corrected chi connectivity index (χ4v) is 2.26. The van der Waals surface area contributed by atoms with Gasteiger partial charge in [-0.2, -0.15) is 5.26 Å². The van der Waals surface area contributed by atoms with Crippen LogP contribution >= 0.6 is 0 Å². The Morgan fingerprint density at radius 3 is 2.56 bits per heavy atom. The van der Waals surface area contributed by atoms with E-state index in [9.17, 15) is 9.59 Å². The molecule has 0 spiro atoms. The Bertz CT molecular complexity index is 367. The maximum Gasteiger partial charge on any atom is 0.242 e. The first-order valence-electron chi connectivity index (χ1n) is 6.45. The largest absolute Gasteiger partial charge is 0.354 e. The van der Waals surface area contributed by atoms with E-state index in [4.69, 9.17) is 5.26 Å². The third-order valence-electron chi connectivity index (χ3n) is 3.33. The van der Waals surface area contributed by atoms with Gasteiger partial charge in [-0.1, -0.05) is 13.8 Å². The Morgan fingerprint density at radius 1 is 1.50 bits per heavy atom. The van der Waals surface area contributed by atoms with Gasteiger partial charge in [-0.05, 0) is 32.1 Å². The molecule has 5 heteroatoms. The molecule has 5 nitrogen and oxygen atoms in total. The average molecular weight is 251 g/mol. The van der Waals surface area contributed by atoms with Crippen molar-refractivity contribution in [2.24, 2.45) is 11.3 Å². The lowest BCUT2D eigenvalue weighted by molar-refractivity contribution is -0.137. The standard InChI is InChI=1S/C13H21N3O2/c1-4-5-15-11(17)10(3)16-12(18)13(8-14)6-9(2)7-13/h9-10H,4-7H2,1-3H3,(H,15,17)(H,16,18). The molecule has 1 rings (SSSR count). The van der Waals surface area contributed by atoms with Crippen LogP contribution in [0.3, 0.4) is 0 Å². The lowest BCUT2D eigenvalue weighted by atomic mass is 9.63. The second-order valence-electron chi connectivity index (χ2n) is 5.19. The highest BCUT2D eigenvalue weighted by atomic mass is 16.2. The van der Waals surface area contributed by atoms with Crippen molar-refractivity contribution in [3.63, 3.8) is 0 Å². The van der Waals surface area contributed by atoms with Crippen LogP contribution in [0.2, 0.25) is 0 Å². The number of rotatable bonds is 5. The maximum atomic E-state index is 12.0. The van der Waals surface area contributed by atoms with Gasteiger partial charge in [0, 0.05) is 6.54 Å². The summed E-state index contributed by atoms with van der Waals surface area (Å²) in [4.78, 5) is 23.6. The molecule has 2 amide bonds. The van der Waals surface area contributed by atoms with Crippen LogP contribution < -0.4 is 10.6 Å². The predicted octanol–water partition coefficient (Wildman–Crippen LogP) is 0.957. The van der Waals surface area contributed by atoms with Crippen LogP contribution in [0.25, 0.3) is 0 Å². The van der Waals surface area contributed by atoms with Gasteiger partial charge < -0.3 is 10.6 Å². The lowest BCUT2D eigenvalue weighted by Gasteiger charge is -2.39. The summed E-state index contributed by atoms with van der Waals surface area (Å²) in [5.74, 6) is -0.118. The van der Waals surface area contributed by atoms with Crippen LogP contribution in [0, 0.1) is 22.7 Å². The Balaban J connectivity index is 2.49. The van der Waals surface area contributed by atoms with Crippen LogP contribution in [0.1, 0.15) is 40.0 Å². The highest BCUT2D eigenvalue weighted by Crippen LogP contribution is 2.45. The predicted molar refractivity (Wildman–Crippen MR) is 67.3 cm³/mol. The number of amides is 2. The third-order valence-corrected chi connectivity index (χ3v) is 3.33. The minimum atomic E-state index is -0.918. The average Bonchev–Trinajstić information content (AvgIpc) is 2.31. The monoisotopic (exact) mass is 251 g/mol. The van der Waals surface area contributed by atoms with Crippen molar-refractivity contribution in [2.75, 3.05) is 6.54 Å². The zero-order valence-corrected chi connectivity index (χ0v) is 11.2. The molecular formula is C13H21N3O2. The summed E-state index contributed by atoms with van der Waals surface area (Å²) in [6.45, 7) is 6.21. The highest BCUT2D eigenvalue weighted by molar-refractivity contribution is 5.91. The molecular weight excluding hydrogens is 230 g/mol. The topological polar surface area (TPSA) is 82.0 Å². The summed E-state index contributed by atoms with van der Waals surface area (Å²) >= 11 is 0. The van der Waals surface area contributed by atoms with Gasteiger partial charge in [0.05, 0.1) is 6.07 Å². The molecule has 1 unspecified atom stereocenters. The molecule has 1 aliphatic rings. The summed E-state index contributed by atoms with van der Waals surface area (Å²) in [7, 11) is 0. The van der Waals surface area contributed by atoms with Crippen LogP contribution in [0.5, 0.6) is 0 Å². The summed E-state index contributed by atoms with van der Waals surface area (Å²) in [5.41, 5.74) is -0.918. The van der Waals surface area contributed by atoms with Gasteiger partial charge in [-0.15, -0.1) is 0 Å². The van der Waals surface area contributed by atoms with E-state index in [1.165, 1.54) is 0 Å². The highest BCUT2D eigenvalue weighted by Gasteiger charge is 2.49. The molecule has 0 aromatic rings. The molecule has 0 radical (unpaired) electrons. The van der Waals surface area contributed by atoms with E-state index in [2.05, 4.69) is 16.7 Å². The summed E-state index contributed by atoms with van der Waals surface area (Å²) < 4.78 is 0. The van der Waals surface area contributed by atoms with Gasteiger partial charge in [0.25, 0.3) is 0 Å². The number of nitriles is 1.